The van der Waals surface area contributed by atoms with Crippen LogP contribution in [0.3, 0.4) is 0 Å². The molecule has 0 rings (SSSR count). The van der Waals surface area contributed by atoms with E-state index < -0.39 is 24.3 Å². The second kappa shape index (κ2) is 61.8. The number of esters is 2. The number of unbranched alkanes of at least 4 members (excludes halogenated alkanes) is 46. The Morgan fingerprint density at radius 3 is 0.937 bits per heavy atom. The molecule has 466 valence electrons. The SMILES string of the molecule is CCCCCCCCCC/C=C\CCCCCCCCCCCCCCCCCCCCCCCC(=O)OC(COC(=O)CCCCCCCCCCC/C=C\CCCCCCCCCC)COC(OCC[N+](C)(C)C)C(=O)[O-]. The first kappa shape index (κ1) is 76.8. The number of nitrogens with zero attached hydrogens (tertiary/aromatic N) is 1. The summed E-state index contributed by atoms with van der Waals surface area (Å²) in [6.07, 6.45) is 72.6. The van der Waals surface area contributed by atoms with Crippen LogP contribution in [0.1, 0.15) is 348 Å². The fourth-order valence-corrected chi connectivity index (χ4v) is 10.4. The van der Waals surface area contributed by atoms with Gasteiger partial charge in [0.05, 0.1) is 40.3 Å². The molecular weight excluding hydrogens is 983 g/mol. The zero-order chi connectivity index (χ0) is 57.6. The minimum atomic E-state index is -1.62. The van der Waals surface area contributed by atoms with Gasteiger partial charge in [-0.05, 0) is 64.2 Å². The molecule has 0 aromatic rings. The second-order valence-electron chi connectivity index (χ2n) is 24.8. The lowest BCUT2D eigenvalue weighted by atomic mass is 10.0. The van der Waals surface area contributed by atoms with Gasteiger partial charge in [-0.25, -0.2) is 0 Å². The summed E-state index contributed by atoms with van der Waals surface area (Å²) in [6.45, 7) is 4.81. The van der Waals surface area contributed by atoms with Crippen molar-refractivity contribution in [1.82, 2.24) is 0 Å². The number of hydrogen-bond acceptors (Lipinski definition) is 8. The summed E-state index contributed by atoms with van der Waals surface area (Å²) in [5.41, 5.74) is 0. The average molecular weight is 1120 g/mol. The van der Waals surface area contributed by atoms with Gasteiger partial charge in [0.2, 0.25) is 0 Å². The van der Waals surface area contributed by atoms with Crippen LogP contribution in [0.4, 0.5) is 0 Å². The van der Waals surface area contributed by atoms with E-state index in [-0.39, 0.29) is 32.2 Å². The largest absolute Gasteiger partial charge is 0.545 e. The zero-order valence-electron chi connectivity index (χ0n) is 53.3. The Kier molecular flexibility index (Phi) is 60.1. The second-order valence-corrected chi connectivity index (χ2v) is 24.8. The van der Waals surface area contributed by atoms with E-state index in [1.807, 2.05) is 21.1 Å². The van der Waals surface area contributed by atoms with E-state index in [2.05, 4.69) is 38.2 Å². The molecule has 79 heavy (non-hydrogen) atoms. The smallest absolute Gasteiger partial charge is 0.306 e. The molecule has 0 bridgehead atoms. The van der Waals surface area contributed by atoms with Crippen molar-refractivity contribution in [1.29, 1.82) is 0 Å². The van der Waals surface area contributed by atoms with Crippen molar-refractivity contribution in [2.75, 3.05) is 47.5 Å². The molecule has 0 aliphatic carbocycles. The molecule has 0 fully saturated rings. The number of carboxylic acid groups (broad SMARTS) is 1. The normalized spacial score (nSPS) is 12.8. The molecule has 0 aliphatic rings. The highest BCUT2D eigenvalue weighted by molar-refractivity contribution is 5.70. The van der Waals surface area contributed by atoms with Crippen molar-refractivity contribution >= 4 is 17.9 Å². The highest BCUT2D eigenvalue weighted by atomic mass is 16.7. The lowest BCUT2D eigenvalue weighted by molar-refractivity contribution is -0.870. The molecule has 0 saturated carbocycles. The Morgan fingerprint density at radius 2 is 0.646 bits per heavy atom. The highest BCUT2D eigenvalue weighted by Crippen LogP contribution is 2.18. The summed E-state index contributed by atoms with van der Waals surface area (Å²) < 4.78 is 22.8. The van der Waals surface area contributed by atoms with Gasteiger partial charge in [0.1, 0.15) is 13.2 Å². The number of hydrogen-bond donors (Lipinski definition) is 0. The first-order valence-electron chi connectivity index (χ1n) is 34.5. The molecule has 0 aliphatic heterocycles. The van der Waals surface area contributed by atoms with Crippen molar-refractivity contribution in [2.45, 2.75) is 360 Å². The predicted molar refractivity (Wildman–Crippen MR) is 334 cm³/mol. The summed E-state index contributed by atoms with van der Waals surface area (Å²) in [7, 11) is 5.94. The van der Waals surface area contributed by atoms with E-state index in [4.69, 9.17) is 18.9 Å². The van der Waals surface area contributed by atoms with Gasteiger partial charge in [-0.1, -0.05) is 295 Å². The van der Waals surface area contributed by atoms with Crippen LogP contribution in [0.25, 0.3) is 0 Å². The third-order valence-electron chi connectivity index (χ3n) is 15.7. The van der Waals surface area contributed by atoms with Crippen LogP contribution in [0.2, 0.25) is 0 Å². The minimum Gasteiger partial charge on any atom is -0.545 e. The van der Waals surface area contributed by atoms with Gasteiger partial charge in [0.15, 0.2) is 12.4 Å². The Labute approximate surface area is 490 Å². The van der Waals surface area contributed by atoms with E-state index in [0.29, 0.717) is 17.4 Å². The lowest BCUT2D eigenvalue weighted by Crippen LogP contribution is -2.44. The van der Waals surface area contributed by atoms with Crippen molar-refractivity contribution in [3.05, 3.63) is 24.3 Å². The first-order chi connectivity index (χ1) is 38.6. The zero-order valence-corrected chi connectivity index (χ0v) is 53.3. The molecule has 0 N–H and O–H groups in total. The quantitative estimate of drug-likeness (QED) is 0.0195. The van der Waals surface area contributed by atoms with Crippen LogP contribution in [0.5, 0.6) is 0 Å². The Hall–Kier alpha value is -2.23. The molecule has 9 nitrogen and oxygen atoms in total. The standard InChI is InChI=1S/C70H133NO8/c1-6-8-10-12-14-16-18-20-22-24-26-28-29-30-31-32-33-34-35-36-37-38-39-41-43-45-47-49-51-53-55-57-59-61-68(73)79-66(65-78-70(69(74)75)76-63-62-71(3,4)5)64-77-67(72)60-58-56-54-52-50-48-46-44-42-40-27-25-23-21-19-17-15-13-11-9-7-2/h24-27,66,70H,6-23,28-65H2,1-5H3/b26-24-,27-25-. The molecule has 2 atom stereocenters. The summed E-state index contributed by atoms with van der Waals surface area (Å²) in [5.74, 6) is -2.26. The van der Waals surface area contributed by atoms with Gasteiger partial charge >= 0.3 is 11.9 Å². The molecular formula is C70H133NO8. The molecule has 0 amide bonds. The van der Waals surface area contributed by atoms with Crippen LogP contribution in [0.15, 0.2) is 24.3 Å². The number of quaternary nitrogens is 1. The van der Waals surface area contributed by atoms with Gasteiger partial charge < -0.3 is 33.3 Å². The topological polar surface area (TPSA) is 111 Å². The molecule has 0 aromatic carbocycles. The Bertz CT molecular complexity index is 1340. The summed E-state index contributed by atoms with van der Waals surface area (Å²) in [6, 6.07) is 0. The molecule has 0 saturated heterocycles. The van der Waals surface area contributed by atoms with E-state index in [1.165, 1.54) is 283 Å². The molecule has 0 radical (unpaired) electrons. The number of likely N-dealkylation sites (N-methyl/N-ethyl adjacent to an activating group) is 1. The number of aliphatic carboxylic acids is 1. The number of rotatable bonds is 65. The fraction of sp³-hybridized carbons (Fsp3) is 0.900. The van der Waals surface area contributed by atoms with Gasteiger partial charge in [-0.3, -0.25) is 9.59 Å². The van der Waals surface area contributed by atoms with Crippen LogP contribution in [-0.4, -0.2) is 82.3 Å². The summed E-state index contributed by atoms with van der Waals surface area (Å²) >= 11 is 0. The van der Waals surface area contributed by atoms with Crippen LogP contribution < -0.4 is 5.11 Å². The minimum absolute atomic E-state index is 0.150. The lowest BCUT2D eigenvalue weighted by Gasteiger charge is -2.26. The van der Waals surface area contributed by atoms with E-state index in [1.54, 1.807) is 0 Å². The monoisotopic (exact) mass is 1120 g/mol. The number of carboxylic acids is 1. The first-order valence-corrected chi connectivity index (χ1v) is 34.5. The third-order valence-corrected chi connectivity index (χ3v) is 15.7. The number of ether oxygens (including phenoxy) is 4. The van der Waals surface area contributed by atoms with Crippen molar-refractivity contribution in [3.8, 4) is 0 Å². The maximum atomic E-state index is 12.9. The van der Waals surface area contributed by atoms with Crippen molar-refractivity contribution < 1.29 is 42.9 Å². The van der Waals surface area contributed by atoms with Crippen LogP contribution in [-0.2, 0) is 33.3 Å². The molecule has 9 heteroatoms. The van der Waals surface area contributed by atoms with Gasteiger partial charge in [0, 0.05) is 12.8 Å². The van der Waals surface area contributed by atoms with E-state index >= 15 is 0 Å². The number of allylic oxidation sites excluding steroid dienone is 4. The average Bonchev–Trinajstić information content (AvgIpc) is 3.42. The molecule has 0 spiro atoms. The Balaban J connectivity index is 4.05. The fourth-order valence-electron chi connectivity index (χ4n) is 10.4. The maximum absolute atomic E-state index is 12.9. The predicted octanol–water partition coefficient (Wildman–Crippen LogP) is 19.7. The number of carbonyl (C=O) groups excluding carboxylic acids is 3. The van der Waals surface area contributed by atoms with Gasteiger partial charge in [-0.2, -0.15) is 0 Å². The third kappa shape index (κ3) is 63.2. The van der Waals surface area contributed by atoms with Gasteiger partial charge in [-0.15, -0.1) is 0 Å². The molecule has 0 aromatic heterocycles. The van der Waals surface area contributed by atoms with Crippen LogP contribution >= 0.6 is 0 Å². The Morgan fingerprint density at radius 1 is 0.367 bits per heavy atom. The van der Waals surface area contributed by atoms with Crippen LogP contribution in [0, 0.1) is 0 Å². The van der Waals surface area contributed by atoms with Crippen molar-refractivity contribution in [2.24, 2.45) is 0 Å². The number of carbonyl (C=O) groups is 3. The van der Waals surface area contributed by atoms with E-state index in [9.17, 15) is 19.5 Å². The molecule has 2 unspecified atom stereocenters. The highest BCUT2D eigenvalue weighted by Gasteiger charge is 2.22. The summed E-state index contributed by atoms with van der Waals surface area (Å²) in [4.78, 5) is 37.4. The molecule has 0 heterocycles. The maximum Gasteiger partial charge on any atom is 0.306 e. The van der Waals surface area contributed by atoms with Crippen molar-refractivity contribution in [3.63, 3.8) is 0 Å². The van der Waals surface area contributed by atoms with Gasteiger partial charge in [0.25, 0.3) is 0 Å². The van der Waals surface area contributed by atoms with E-state index in [0.717, 1.165) is 38.5 Å². The summed E-state index contributed by atoms with van der Waals surface area (Å²) in [5, 5.41) is 11.8.